The molecule has 6 heteroatoms. The Kier molecular flexibility index (Phi) is 5.91. The minimum Gasteiger partial charge on any atom is -0.465 e. The number of hydrogen-bond acceptors (Lipinski definition) is 5. The van der Waals surface area contributed by atoms with Gasteiger partial charge in [-0.1, -0.05) is 12.1 Å². The summed E-state index contributed by atoms with van der Waals surface area (Å²) < 4.78 is 9.96. The highest BCUT2D eigenvalue weighted by Crippen LogP contribution is 2.09. The Morgan fingerprint density at radius 1 is 1.32 bits per heavy atom. The van der Waals surface area contributed by atoms with Crippen molar-refractivity contribution in [1.29, 1.82) is 0 Å². The lowest BCUT2D eigenvalue weighted by atomic mass is 10.1. The first-order valence-corrected chi connectivity index (χ1v) is 7.31. The quantitative estimate of drug-likeness (QED) is 0.752. The zero-order valence-corrected chi connectivity index (χ0v) is 13.1. The fraction of sp³-hybridized carbons (Fsp3) is 0.500. The van der Waals surface area contributed by atoms with Crippen LogP contribution in [0.2, 0.25) is 0 Å². The lowest BCUT2D eigenvalue weighted by Crippen LogP contribution is -2.44. The van der Waals surface area contributed by atoms with Gasteiger partial charge in [-0.3, -0.25) is 9.69 Å². The van der Waals surface area contributed by atoms with Crippen molar-refractivity contribution in [1.82, 2.24) is 9.80 Å². The molecular weight excluding hydrogens is 284 g/mol. The van der Waals surface area contributed by atoms with Crippen LogP contribution < -0.4 is 0 Å². The molecule has 0 aromatic heterocycles. The highest BCUT2D eigenvalue weighted by molar-refractivity contribution is 5.89. The minimum absolute atomic E-state index is 0.106. The Labute approximate surface area is 130 Å². The highest BCUT2D eigenvalue weighted by atomic mass is 16.5. The monoisotopic (exact) mass is 306 g/mol. The Hall–Kier alpha value is -1.92. The molecule has 120 valence electrons. The second kappa shape index (κ2) is 7.91. The van der Waals surface area contributed by atoms with Crippen LogP contribution in [0, 0.1) is 0 Å². The summed E-state index contributed by atoms with van der Waals surface area (Å²) in [4.78, 5) is 27.5. The van der Waals surface area contributed by atoms with Gasteiger partial charge in [0.1, 0.15) is 0 Å². The average Bonchev–Trinajstić information content (AvgIpc) is 2.55. The normalized spacial score (nSPS) is 15.0. The molecule has 0 bridgehead atoms. The number of likely N-dealkylation sites (N-methyl/N-ethyl adjacent to an activating group) is 1. The Balaban J connectivity index is 1.89. The largest absolute Gasteiger partial charge is 0.465 e. The molecule has 0 spiro atoms. The number of ether oxygens (including phenoxy) is 2. The van der Waals surface area contributed by atoms with E-state index in [9.17, 15) is 9.59 Å². The van der Waals surface area contributed by atoms with Crippen molar-refractivity contribution in [2.75, 3.05) is 47.0 Å². The molecule has 6 nitrogen and oxygen atoms in total. The summed E-state index contributed by atoms with van der Waals surface area (Å²) in [6.07, 6.45) is 0. The van der Waals surface area contributed by atoms with Gasteiger partial charge in [-0.2, -0.15) is 0 Å². The number of benzene rings is 1. The van der Waals surface area contributed by atoms with E-state index in [-0.39, 0.29) is 11.9 Å². The van der Waals surface area contributed by atoms with Gasteiger partial charge in [0.2, 0.25) is 5.91 Å². The van der Waals surface area contributed by atoms with Crippen molar-refractivity contribution in [3.63, 3.8) is 0 Å². The lowest BCUT2D eigenvalue weighted by Gasteiger charge is -2.28. The van der Waals surface area contributed by atoms with Crippen LogP contribution in [-0.2, 0) is 20.8 Å². The van der Waals surface area contributed by atoms with Gasteiger partial charge in [0.15, 0.2) is 0 Å². The van der Waals surface area contributed by atoms with Crippen molar-refractivity contribution < 1.29 is 19.1 Å². The topological polar surface area (TPSA) is 59.1 Å². The van der Waals surface area contributed by atoms with Crippen LogP contribution in [0.5, 0.6) is 0 Å². The van der Waals surface area contributed by atoms with Gasteiger partial charge < -0.3 is 14.4 Å². The molecule has 1 aliphatic rings. The van der Waals surface area contributed by atoms with E-state index in [4.69, 9.17) is 9.47 Å². The van der Waals surface area contributed by atoms with E-state index < -0.39 is 0 Å². The third kappa shape index (κ3) is 4.54. The predicted molar refractivity (Wildman–Crippen MR) is 81.5 cm³/mol. The molecule has 2 rings (SSSR count). The molecule has 0 aliphatic carbocycles. The first kappa shape index (κ1) is 16.5. The van der Waals surface area contributed by atoms with Gasteiger partial charge in [-0.05, 0) is 24.7 Å². The van der Waals surface area contributed by atoms with Gasteiger partial charge in [-0.15, -0.1) is 0 Å². The van der Waals surface area contributed by atoms with Crippen LogP contribution in [0.4, 0.5) is 0 Å². The number of esters is 1. The molecule has 0 N–H and O–H groups in total. The number of carbonyl (C=O) groups excluding carboxylic acids is 2. The van der Waals surface area contributed by atoms with E-state index in [0.29, 0.717) is 45.0 Å². The maximum Gasteiger partial charge on any atom is 0.337 e. The number of carbonyl (C=O) groups is 2. The van der Waals surface area contributed by atoms with Crippen molar-refractivity contribution in [3.05, 3.63) is 35.4 Å². The summed E-state index contributed by atoms with van der Waals surface area (Å²) in [5.74, 6) is -0.246. The molecule has 1 heterocycles. The maximum absolute atomic E-state index is 12.2. The Bertz CT molecular complexity index is 527. The van der Waals surface area contributed by atoms with E-state index >= 15 is 0 Å². The lowest BCUT2D eigenvalue weighted by molar-refractivity contribution is -0.136. The van der Waals surface area contributed by atoms with Gasteiger partial charge in [0, 0.05) is 19.6 Å². The summed E-state index contributed by atoms with van der Waals surface area (Å²) in [5, 5.41) is 0. The molecule has 0 radical (unpaired) electrons. The third-order valence-electron chi connectivity index (χ3n) is 3.57. The van der Waals surface area contributed by atoms with Crippen molar-refractivity contribution >= 4 is 11.9 Å². The van der Waals surface area contributed by atoms with Crippen molar-refractivity contribution in [2.24, 2.45) is 0 Å². The summed E-state index contributed by atoms with van der Waals surface area (Å²) >= 11 is 0. The van der Waals surface area contributed by atoms with Crippen molar-refractivity contribution in [2.45, 2.75) is 6.54 Å². The predicted octanol–water partition coefficient (Wildman–Crippen LogP) is 0.764. The standard InChI is InChI=1S/C16H22N2O4/c1-17(12-15(19)18-6-8-22-9-7-18)11-13-4-3-5-14(10-13)16(20)21-2/h3-5,10H,6-9,11-12H2,1-2H3. The zero-order valence-electron chi connectivity index (χ0n) is 13.1. The zero-order chi connectivity index (χ0) is 15.9. The second-order valence-electron chi connectivity index (χ2n) is 5.36. The van der Waals surface area contributed by atoms with Gasteiger partial charge in [0.05, 0.1) is 32.4 Å². The second-order valence-corrected chi connectivity index (χ2v) is 5.36. The smallest absolute Gasteiger partial charge is 0.337 e. The number of methoxy groups -OCH3 is 1. The molecule has 0 atom stereocenters. The molecule has 1 fully saturated rings. The fourth-order valence-corrected chi connectivity index (χ4v) is 2.43. The molecule has 1 amide bonds. The summed E-state index contributed by atoms with van der Waals surface area (Å²) in [6, 6.07) is 7.26. The molecule has 22 heavy (non-hydrogen) atoms. The fourth-order valence-electron chi connectivity index (χ4n) is 2.43. The van der Waals surface area contributed by atoms with Crippen LogP contribution >= 0.6 is 0 Å². The molecule has 1 saturated heterocycles. The molecular formula is C16H22N2O4. The van der Waals surface area contributed by atoms with Gasteiger partial charge in [0.25, 0.3) is 0 Å². The van der Waals surface area contributed by atoms with Crippen LogP contribution in [0.3, 0.4) is 0 Å². The number of rotatable bonds is 5. The number of amides is 1. The SMILES string of the molecule is COC(=O)c1cccc(CN(C)CC(=O)N2CCOCC2)c1. The van der Waals surface area contributed by atoms with Gasteiger partial charge >= 0.3 is 5.97 Å². The Morgan fingerprint density at radius 2 is 2.05 bits per heavy atom. The third-order valence-corrected chi connectivity index (χ3v) is 3.57. The van der Waals surface area contributed by atoms with Crippen molar-refractivity contribution in [3.8, 4) is 0 Å². The van der Waals surface area contributed by atoms with E-state index in [1.54, 1.807) is 12.1 Å². The van der Waals surface area contributed by atoms with Crippen LogP contribution in [-0.4, -0.2) is 68.7 Å². The van der Waals surface area contributed by atoms with Crippen LogP contribution in [0.1, 0.15) is 15.9 Å². The number of hydrogen-bond donors (Lipinski definition) is 0. The first-order valence-electron chi connectivity index (χ1n) is 7.31. The molecule has 0 unspecified atom stereocenters. The summed E-state index contributed by atoms with van der Waals surface area (Å²) in [7, 11) is 3.26. The highest BCUT2D eigenvalue weighted by Gasteiger charge is 2.18. The minimum atomic E-state index is -0.353. The molecule has 1 aromatic rings. The first-order chi connectivity index (χ1) is 10.6. The van der Waals surface area contributed by atoms with E-state index in [1.165, 1.54) is 7.11 Å². The van der Waals surface area contributed by atoms with E-state index in [0.717, 1.165) is 5.56 Å². The van der Waals surface area contributed by atoms with Crippen LogP contribution in [0.25, 0.3) is 0 Å². The summed E-state index contributed by atoms with van der Waals surface area (Å²) in [6.45, 7) is 3.48. The molecule has 1 aliphatic heterocycles. The van der Waals surface area contributed by atoms with E-state index in [1.807, 2.05) is 29.0 Å². The van der Waals surface area contributed by atoms with Gasteiger partial charge in [-0.25, -0.2) is 4.79 Å². The molecule has 0 saturated carbocycles. The van der Waals surface area contributed by atoms with E-state index in [2.05, 4.69) is 0 Å². The maximum atomic E-state index is 12.2. The average molecular weight is 306 g/mol. The Morgan fingerprint density at radius 3 is 2.73 bits per heavy atom. The summed E-state index contributed by atoms with van der Waals surface area (Å²) in [5.41, 5.74) is 1.49. The molecule has 1 aromatic carbocycles. The number of morpholine rings is 1. The number of nitrogens with zero attached hydrogens (tertiary/aromatic N) is 2. The van der Waals surface area contributed by atoms with Crippen LogP contribution in [0.15, 0.2) is 24.3 Å².